The number of anilines is 1. The van der Waals surface area contributed by atoms with Crippen LogP contribution >= 0.6 is 0 Å². The van der Waals surface area contributed by atoms with Crippen LogP contribution in [0.3, 0.4) is 0 Å². The van der Waals surface area contributed by atoms with Gasteiger partial charge in [0, 0.05) is 34.5 Å². The quantitative estimate of drug-likeness (QED) is 0.196. The molecule has 236 valence electrons. The smallest absolute Gasteiger partial charge is 0.164 e. The Kier molecular flexibility index (Phi) is 7.52. The van der Waals surface area contributed by atoms with Crippen molar-refractivity contribution in [3.63, 3.8) is 0 Å². The van der Waals surface area contributed by atoms with Crippen LogP contribution in [-0.4, -0.2) is 21.5 Å². The molecule has 50 heavy (non-hydrogen) atoms. The van der Waals surface area contributed by atoms with Crippen LogP contribution in [0.4, 0.5) is 5.69 Å². The highest BCUT2D eigenvalue weighted by Crippen LogP contribution is 2.39. The number of hydrogen-bond donors (Lipinski definition) is 1. The van der Waals surface area contributed by atoms with Crippen molar-refractivity contribution < 1.29 is 0 Å². The summed E-state index contributed by atoms with van der Waals surface area (Å²) in [5.74, 6) is 1.95. The number of benzene rings is 7. The van der Waals surface area contributed by atoms with Crippen LogP contribution in [0, 0.1) is 0 Å². The molecule has 0 fully saturated rings. The maximum atomic E-state index is 4.94. The molecule has 0 saturated carbocycles. The summed E-state index contributed by atoms with van der Waals surface area (Å²) in [6, 6.07) is 57.4. The lowest BCUT2D eigenvalue weighted by Crippen LogP contribution is -2.05. The third-order valence-corrected chi connectivity index (χ3v) is 9.34. The van der Waals surface area contributed by atoms with E-state index in [2.05, 4.69) is 121 Å². The molecule has 7 aromatic carbocycles. The first-order valence-corrected chi connectivity index (χ1v) is 16.9. The van der Waals surface area contributed by atoms with Crippen LogP contribution in [-0.2, 0) is 0 Å². The number of hydrogen-bond acceptors (Lipinski definition) is 4. The zero-order chi connectivity index (χ0) is 33.3. The second kappa shape index (κ2) is 12.8. The van der Waals surface area contributed by atoms with Crippen LogP contribution in [0.5, 0.6) is 0 Å². The molecule has 8 aromatic rings. The largest absolute Gasteiger partial charge is 0.381 e. The fourth-order valence-corrected chi connectivity index (χ4v) is 6.78. The molecule has 0 saturated heterocycles. The zero-order valence-electron chi connectivity index (χ0n) is 27.3. The molecule has 0 radical (unpaired) electrons. The van der Waals surface area contributed by atoms with E-state index < -0.39 is 0 Å². The summed E-state index contributed by atoms with van der Waals surface area (Å²) in [5, 5.41) is 5.99. The lowest BCUT2D eigenvalue weighted by Gasteiger charge is -2.18. The maximum Gasteiger partial charge on any atom is 0.164 e. The molecular formula is C46H32N4. The summed E-state index contributed by atoms with van der Waals surface area (Å²) in [4.78, 5) is 14.7. The van der Waals surface area contributed by atoms with Crippen molar-refractivity contribution in [2.75, 3.05) is 11.9 Å². The Hall–Kier alpha value is -6.65. The third-order valence-electron chi connectivity index (χ3n) is 9.34. The van der Waals surface area contributed by atoms with E-state index in [1.165, 1.54) is 49.8 Å². The number of nitrogens with zero attached hydrogens (tertiary/aromatic N) is 3. The molecular weight excluding hydrogens is 609 g/mol. The normalized spacial score (nSPS) is 12.0. The van der Waals surface area contributed by atoms with Crippen molar-refractivity contribution in [1.29, 1.82) is 0 Å². The first-order chi connectivity index (χ1) is 24.8. The monoisotopic (exact) mass is 640 g/mol. The molecule has 2 heterocycles. The number of fused-ring (bicyclic) bond motifs is 2. The van der Waals surface area contributed by atoms with Gasteiger partial charge in [-0.25, -0.2) is 15.0 Å². The van der Waals surface area contributed by atoms with Crippen LogP contribution in [0.1, 0.15) is 5.56 Å². The topological polar surface area (TPSA) is 50.7 Å². The molecule has 1 aromatic heterocycles. The molecule has 0 unspecified atom stereocenters. The van der Waals surface area contributed by atoms with Gasteiger partial charge in [-0.15, -0.1) is 0 Å². The van der Waals surface area contributed by atoms with Gasteiger partial charge in [0.2, 0.25) is 0 Å². The average Bonchev–Trinajstić information content (AvgIpc) is 3.21. The minimum Gasteiger partial charge on any atom is -0.381 e. The Labute approximate surface area is 291 Å². The molecule has 9 rings (SSSR count). The second-order valence-electron chi connectivity index (χ2n) is 12.5. The van der Waals surface area contributed by atoms with Gasteiger partial charge >= 0.3 is 0 Å². The third kappa shape index (κ3) is 5.63. The number of nitrogens with one attached hydrogen (secondary N) is 1. The molecule has 0 amide bonds. The predicted octanol–water partition coefficient (Wildman–Crippen LogP) is 11.5. The van der Waals surface area contributed by atoms with Gasteiger partial charge in [0.25, 0.3) is 0 Å². The highest BCUT2D eigenvalue weighted by atomic mass is 15.0. The molecule has 1 aliphatic heterocycles. The van der Waals surface area contributed by atoms with Crippen molar-refractivity contribution in [2.24, 2.45) is 0 Å². The summed E-state index contributed by atoms with van der Waals surface area (Å²) in [7, 11) is 0. The molecule has 4 heteroatoms. The van der Waals surface area contributed by atoms with E-state index in [-0.39, 0.29) is 0 Å². The summed E-state index contributed by atoms with van der Waals surface area (Å²) in [6.45, 7) is 0.844. The predicted molar refractivity (Wildman–Crippen MR) is 207 cm³/mol. The Morgan fingerprint density at radius 3 is 1.34 bits per heavy atom. The van der Waals surface area contributed by atoms with E-state index >= 15 is 0 Å². The van der Waals surface area contributed by atoms with Crippen molar-refractivity contribution in [1.82, 2.24) is 15.0 Å². The molecule has 4 nitrogen and oxygen atoms in total. The maximum absolute atomic E-state index is 4.94. The SMILES string of the molecule is C1=Cc2cccc(-c3ccc(-c4cc5ccccc5cc4-c4ccc(-c5nc(-c6ccccc6)nc(-c6ccccc6)n5)cc4)cc3)c2NC1. The summed E-state index contributed by atoms with van der Waals surface area (Å²) < 4.78 is 0. The first kappa shape index (κ1) is 29.5. The lowest BCUT2D eigenvalue weighted by atomic mass is 9.90. The van der Waals surface area contributed by atoms with Gasteiger partial charge in [-0.05, 0) is 56.3 Å². The fourth-order valence-electron chi connectivity index (χ4n) is 6.78. The van der Waals surface area contributed by atoms with Crippen molar-refractivity contribution >= 4 is 22.5 Å². The van der Waals surface area contributed by atoms with E-state index in [9.17, 15) is 0 Å². The molecule has 0 atom stereocenters. The van der Waals surface area contributed by atoms with Gasteiger partial charge in [-0.2, -0.15) is 0 Å². The summed E-state index contributed by atoms with van der Waals surface area (Å²) >= 11 is 0. The van der Waals surface area contributed by atoms with E-state index in [4.69, 9.17) is 15.0 Å². The van der Waals surface area contributed by atoms with Crippen molar-refractivity contribution in [2.45, 2.75) is 0 Å². The average molecular weight is 641 g/mol. The van der Waals surface area contributed by atoms with Gasteiger partial charge in [0.05, 0.1) is 0 Å². The number of para-hydroxylation sites is 1. The molecule has 1 aliphatic rings. The Morgan fingerprint density at radius 1 is 0.380 bits per heavy atom. The number of aromatic nitrogens is 3. The molecule has 1 N–H and O–H groups in total. The van der Waals surface area contributed by atoms with E-state index in [1.807, 2.05) is 60.7 Å². The zero-order valence-corrected chi connectivity index (χ0v) is 27.3. The van der Waals surface area contributed by atoms with E-state index in [0.717, 1.165) is 28.8 Å². The van der Waals surface area contributed by atoms with Gasteiger partial charge in [-0.3, -0.25) is 0 Å². The van der Waals surface area contributed by atoms with Crippen LogP contribution in [0.2, 0.25) is 0 Å². The van der Waals surface area contributed by atoms with E-state index in [1.54, 1.807) is 0 Å². The summed E-state index contributed by atoms with van der Waals surface area (Å²) in [5.41, 5.74) is 12.4. The standard InChI is InChI=1S/C46H32N4/c1-3-11-35(12-4-1)44-48-45(36-13-5-2-6-14-36)50-46(49-44)37-26-24-33(25-27-37)42-30-39-16-8-7-15-38(39)29-41(42)32-22-20-31(21-23-32)40-19-9-17-34-18-10-28-47-43(34)40/h1-27,29-30,47H,28H2. The highest BCUT2D eigenvalue weighted by molar-refractivity contribution is 5.97. The Morgan fingerprint density at radius 2 is 0.820 bits per heavy atom. The second-order valence-corrected chi connectivity index (χ2v) is 12.5. The van der Waals surface area contributed by atoms with Crippen LogP contribution < -0.4 is 5.32 Å². The molecule has 0 bridgehead atoms. The lowest BCUT2D eigenvalue weighted by molar-refractivity contribution is 1.07. The van der Waals surface area contributed by atoms with Gasteiger partial charge < -0.3 is 5.32 Å². The van der Waals surface area contributed by atoms with Gasteiger partial charge in [0.15, 0.2) is 17.5 Å². The minimum absolute atomic E-state index is 0.645. The highest BCUT2D eigenvalue weighted by Gasteiger charge is 2.15. The summed E-state index contributed by atoms with van der Waals surface area (Å²) in [6.07, 6.45) is 4.36. The molecule has 0 aliphatic carbocycles. The Bertz CT molecular complexity index is 2450. The van der Waals surface area contributed by atoms with Crippen LogP contribution in [0.15, 0.2) is 170 Å². The molecule has 0 spiro atoms. The Balaban J connectivity index is 1.11. The number of rotatable bonds is 6. The van der Waals surface area contributed by atoms with Gasteiger partial charge in [-0.1, -0.05) is 164 Å². The van der Waals surface area contributed by atoms with Crippen molar-refractivity contribution in [3.05, 3.63) is 175 Å². The van der Waals surface area contributed by atoms with Gasteiger partial charge in [0.1, 0.15) is 0 Å². The minimum atomic E-state index is 0.645. The first-order valence-electron chi connectivity index (χ1n) is 16.9. The van der Waals surface area contributed by atoms with Crippen molar-refractivity contribution in [3.8, 4) is 67.5 Å². The fraction of sp³-hybridized carbons (Fsp3) is 0.0217. The van der Waals surface area contributed by atoms with E-state index in [0.29, 0.717) is 17.5 Å². The van der Waals surface area contributed by atoms with Crippen LogP contribution in [0.25, 0.3) is 84.4 Å².